The van der Waals surface area contributed by atoms with Gasteiger partial charge in [0.25, 0.3) is 11.5 Å². The zero-order valence-corrected chi connectivity index (χ0v) is 12.9. The van der Waals surface area contributed by atoms with Crippen LogP contribution in [0.15, 0.2) is 47.5 Å². The van der Waals surface area contributed by atoms with Crippen molar-refractivity contribution < 1.29 is 4.79 Å². The van der Waals surface area contributed by atoms with E-state index in [1.807, 2.05) is 18.2 Å². The summed E-state index contributed by atoms with van der Waals surface area (Å²) >= 11 is 0. The normalized spacial score (nSPS) is 18.5. The summed E-state index contributed by atoms with van der Waals surface area (Å²) in [5, 5.41) is 2.99. The minimum Gasteiger partial charge on any atom is -0.347 e. The maximum absolute atomic E-state index is 12.2. The standard InChI is InChI=1S/C17H20N4O2/c22-16-10-18-9-15(20-16)17(23)19-14-7-4-8-21(12-14)11-13-5-2-1-3-6-13/h1-3,5-6,9-10,14H,4,7-8,11-12H2,(H,19,23)(H,20,22)/t14-/m0/s1. The lowest BCUT2D eigenvalue weighted by atomic mass is 10.0. The Morgan fingerprint density at radius 2 is 2.13 bits per heavy atom. The number of H-pyrrole nitrogens is 1. The highest BCUT2D eigenvalue weighted by molar-refractivity contribution is 5.92. The second-order valence-electron chi connectivity index (χ2n) is 5.84. The minimum atomic E-state index is -0.369. The molecule has 0 aliphatic carbocycles. The van der Waals surface area contributed by atoms with Crippen molar-refractivity contribution in [3.63, 3.8) is 0 Å². The molecule has 1 aliphatic rings. The van der Waals surface area contributed by atoms with Crippen molar-refractivity contribution in [2.24, 2.45) is 0 Å². The van der Waals surface area contributed by atoms with Crippen molar-refractivity contribution in [1.82, 2.24) is 20.2 Å². The van der Waals surface area contributed by atoms with E-state index in [9.17, 15) is 9.59 Å². The average molecular weight is 312 g/mol. The van der Waals surface area contributed by atoms with Crippen LogP contribution in [0.3, 0.4) is 0 Å². The van der Waals surface area contributed by atoms with Crippen molar-refractivity contribution in [3.8, 4) is 0 Å². The largest absolute Gasteiger partial charge is 0.347 e. The molecule has 1 saturated heterocycles. The fourth-order valence-corrected chi connectivity index (χ4v) is 2.91. The van der Waals surface area contributed by atoms with E-state index in [2.05, 4.69) is 32.3 Å². The summed E-state index contributed by atoms with van der Waals surface area (Å²) in [6.45, 7) is 2.73. The number of nitrogens with one attached hydrogen (secondary N) is 2. The van der Waals surface area contributed by atoms with E-state index >= 15 is 0 Å². The third-order valence-corrected chi connectivity index (χ3v) is 3.99. The first-order valence-electron chi connectivity index (χ1n) is 7.82. The summed E-state index contributed by atoms with van der Waals surface area (Å²) in [5.74, 6) is -0.276. The molecule has 0 spiro atoms. The first-order valence-corrected chi connectivity index (χ1v) is 7.82. The molecule has 1 aliphatic heterocycles. The molecule has 2 heterocycles. The second kappa shape index (κ2) is 7.19. The van der Waals surface area contributed by atoms with Gasteiger partial charge in [0.05, 0.1) is 12.4 Å². The molecule has 6 heteroatoms. The van der Waals surface area contributed by atoms with Gasteiger partial charge in [-0.15, -0.1) is 0 Å². The maximum atomic E-state index is 12.2. The third kappa shape index (κ3) is 4.26. The van der Waals surface area contributed by atoms with Crippen LogP contribution in [0.1, 0.15) is 28.9 Å². The molecule has 23 heavy (non-hydrogen) atoms. The van der Waals surface area contributed by atoms with E-state index in [-0.39, 0.29) is 23.2 Å². The Hall–Kier alpha value is -2.47. The highest BCUT2D eigenvalue weighted by atomic mass is 16.2. The Morgan fingerprint density at radius 3 is 2.91 bits per heavy atom. The number of piperidine rings is 1. The topological polar surface area (TPSA) is 78.1 Å². The molecular formula is C17H20N4O2. The number of likely N-dealkylation sites (tertiary alicyclic amines) is 1. The van der Waals surface area contributed by atoms with Crippen LogP contribution in [0, 0.1) is 0 Å². The maximum Gasteiger partial charge on any atom is 0.269 e. The van der Waals surface area contributed by atoms with Gasteiger partial charge in [-0.05, 0) is 24.9 Å². The lowest BCUT2D eigenvalue weighted by Crippen LogP contribution is -2.47. The zero-order chi connectivity index (χ0) is 16.1. The fraction of sp³-hybridized carbons (Fsp3) is 0.353. The van der Waals surface area contributed by atoms with Gasteiger partial charge in [0.1, 0.15) is 5.69 Å². The number of benzene rings is 1. The van der Waals surface area contributed by atoms with E-state index in [0.717, 1.165) is 38.7 Å². The molecule has 1 atom stereocenters. The number of rotatable bonds is 4. The summed E-state index contributed by atoms with van der Waals surface area (Å²) in [6.07, 6.45) is 4.52. The van der Waals surface area contributed by atoms with Crippen molar-refractivity contribution in [1.29, 1.82) is 0 Å². The predicted octanol–water partition coefficient (Wildman–Crippen LogP) is 1.16. The molecule has 0 bridgehead atoms. The lowest BCUT2D eigenvalue weighted by molar-refractivity contribution is 0.0895. The Morgan fingerprint density at radius 1 is 1.30 bits per heavy atom. The number of aromatic nitrogens is 2. The third-order valence-electron chi connectivity index (χ3n) is 3.99. The highest BCUT2D eigenvalue weighted by Gasteiger charge is 2.22. The van der Waals surface area contributed by atoms with Gasteiger partial charge in [0.2, 0.25) is 0 Å². The van der Waals surface area contributed by atoms with Crippen LogP contribution in [-0.4, -0.2) is 39.9 Å². The molecule has 0 unspecified atom stereocenters. The van der Waals surface area contributed by atoms with E-state index in [0.29, 0.717) is 0 Å². The summed E-state index contributed by atoms with van der Waals surface area (Å²) in [6, 6.07) is 10.4. The fourth-order valence-electron chi connectivity index (χ4n) is 2.91. The average Bonchev–Trinajstić information content (AvgIpc) is 2.56. The molecule has 1 fully saturated rings. The Labute approximate surface area is 134 Å². The number of aromatic amines is 1. The summed E-state index contributed by atoms with van der Waals surface area (Å²) in [7, 11) is 0. The number of carbonyl (C=O) groups is 1. The molecule has 1 amide bonds. The van der Waals surface area contributed by atoms with Gasteiger partial charge < -0.3 is 10.3 Å². The van der Waals surface area contributed by atoms with Gasteiger partial charge in [-0.3, -0.25) is 19.5 Å². The van der Waals surface area contributed by atoms with Gasteiger partial charge in [-0.1, -0.05) is 30.3 Å². The molecule has 120 valence electrons. The monoisotopic (exact) mass is 312 g/mol. The first kappa shape index (κ1) is 15.4. The van der Waals surface area contributed by atoms with Crippen LogP contribution in [0.5, 0.6) is 0 Å². The van der Waals surface area contributed by atoms with Gasteiger partial charge in [0.15, 0.2) is 0 Å². The van der Waals surface area contributed by atoms with Crippen LogP contribution in [0.4, 0.5) is 0 Å². The number of carbonyl (C=O) groups excluding carboxylic acids is 1. The summed E-state index contributed by atoms with van der Waals surface area (Å²) in [4.78, 5) is 32.0. The van der Waals surface area contributed by atoms with Crippen LogP contribution >= 0.6 is 0 Å². The number of hydrogen-bond donors (Lipinski definition) is 2. The van der Waals surface area contributed by atoms with Gasteiger partial charge in [-0.2, -0.15) is 0 Å². The number of hydrogen-bond acceptors (Lipinski definition) is 4. The van der Waals surface area contributed by atoms with Crippen LogP contribution in [0.25, 0.3) is 0 Å². The van der Waals surface area contributed by atoms with Crippen molar-refractivity contribution >= 4 is 5.91 Å². The summed E-state index contributed by atoms with van der Waals surface area (Å²) in [5.41, 5.74) is 1.11. The molecule has 3 rings (SSSR count). The molecule has 1 aromatic heterocycles. The van der Waals surface area contributed by atoms with Crippen molar-refractivity contribution in [3.05, 3.63) is 64.3 Å². The van der Waals surface area contributed by atoms with E-state index < -0.39 is 0 Å². The Kier molecular flexibility index (Phi) is 4.83. The van der Waals surface area contributed by atoms with E-state index in [4.69, 9.17) is 0 Å². The molecule has 6 nitrogen and oxygen atoms in total. The second-order valence-corrected chi connectivity index (χ2v) is 5.84. The van der Waals surface area contributed by atoms with Crippen molar-refractivity contribution in [2.75, 3.05) is 13.1 Å². The Balaban J connectivity index is 1.58. The van der Waals surface area contributed by atoms with Crippen LogP contribution < -0.4 is 10.9 Å². The molecule has 1 aromatic carbocycles. The Bertz CT molecular complexity index is 714. The molecule has 2 aromatic rings. The van der Waals surface area contributed by atoms with E-state index in [1.54, 1.807) is 0 Å². The van der Waals surface area contributed by atoms with E-state index in [1.165, 1.54) is 11.8 Å². The molecule has 0 radical (unpaired) electrons. The summed E-state index contributed by atoms with van der Waals surface area (Å²) < 4.78 is 0. The number of nitrogens with zero attached hydrogens (tertiary/aromatic N) is 2. The first-order chi connectivity index (χ1) is 11.2. The molecule has 0 saturated carbocycles. The lowest BCUT2D eigenvalue weighted by Gasteiger charge is -2.33. The highest BCUT2D eigenvalue weighted by Crippen LogP contribution is 2.14. The van der Waals surface area contributed by atoms with Crippen LogP contribution in [-0.2, 0) is 6.54 Å². The van der Waals surface area contributed by atoms with Crippen LogP contribution in [0.2, 0.25) is 0 Å². The SMILES string of the molecule is O=C(N[C@H]1CCCN(Cc2ccccc2)C1)c1cncc(=O)[nH]1. The van der Waals surface area contributed by atoms with Gasteiger partial charge >= 0.3 is 0 Å². The van der Waals surface area contributed by atoms with Gasteiger partial charge in [0, 0.05) is 19.1 Å². The smallest absolute Gasteiger partial charge is 0.269 e. The molecule has 2 N–H and O–H groups in total. The predicted molar refractivity (Wildman–Crippen MR) is 87.1 cm³/mol. The number of amides is 1. The quantitative estimate of drug-likeness (QED) is 0.888. The van der Waals surface area contributed by atoms with Crippen molar-refractivity contribution in [2.45, 2.75) is 25.4 Å². The molecular weight excluding hydrogens is 292 g/mol. The zero-order valence-electron chi connectivity index (χ0n) is 12.9. The minimum absolute atomic E-state index is 0.0867. The van der Waals surface area contributed by atoms with Gasteiger partial charge in [-0.25, -0.2) is 0 Å².